The summed E-state index contributed by atoms with van der Waals surface area (Å²) in [5.74, 6) is 1.17. The van der Waals surface area contributed by atoms with Crippen LogP contribution in [-0.4, -0.2) is 47.6 Å². The Kier molecular flexibility index (Phi) is 6.60. The molecule has 4 heterocycles. The lowest BCUT2D eigenvalue weighted by Crippen LogP contribution is -2.42. The van der Waals surface area contributed by atoms with Crippen LogP contribution in [0.3, 0.4) is 0 Å². The number of anilines is 1. The summed E-state index contributed by atoms with van der Waals surface area (Å²) in [6.45, 7) is 0.200. The zero-order valence-corrected chi connectivity index (χ0v) is 18.0. The van der Waals surface area contributed by atoms with E-state index < -0.39 is 12.3 Å². The van der Waals surface area contributed by atoms with Crippen molar-refractivity contribution < 1.29 is 24.2 Å². The largest absolute Gasteiger partial charge is 0.496 e. The second-order valence-electron chi connectivity index (χ2n) is 6.93. The van der Waals surface area contributed by atoms with Gasteiger partial charge in [-0.3, -0.25) is 19.8 Å². The van der Waals surface area contributed by atoms with Gasteiger partial charge in [0.05, 0.1) is 51.2 Å². The number of ether oxygens (including phenoxy) is 3. The summed E-state index contributed by atoms with van der Waals surface area (Å²) < 4.78 is 16.8. The van der Waals surface area contributed by atoms with E-state index in [0.29, 0.717) is 39.7 Å². The van der Waals surface area contributed by atoms with Crippen LogP contribution in [0.1, 0.15) is 28.6 Å². The summed E-state index contributed by atoms with van der Waals surface area (Å²) >= 11 is 0. The van der Waals surface area contributed by atoms with Crippen molar-refractivity contribution in [1.82, 2.24) is 15.0 Å². The first-order valence-corrected chi connectivity index (χ1v) is 9.92. The van der Waals surface area contributed by atoms with E-state index in [1.807, 2.05) is 18.2 Å². The highest BCUT2D eigenvalue weighted by atomic mass is 16.7. The quantitative estimate of drug-likeness (QED) is 0.571. The lowest BCUT2D eigenvalue weighted by atomic mass is 9.99. The molecule has 1 N–H and O–H groups in total. The zero-order valence-electron chi connectivity index (χ0n) is 18.0. The molecule has 0 radical (unpaired) electrons. The van der Waals surface area contributed by atoms with Crippen LogP contribution in [0.4, 0.5) is 5.69 Å². The molecule has 0 saturated carbocycles. The van der Waals surface area contributed by atoms with E-state index in [2.05, 4.69) is 15.0 Å². The first-order chi connectivity index (χ1) is 15.7. The highest BCUT2D eigenvalue weighted by Gasteiger charge is 2.35. The van der Waals surface area contributed by atoms with Crippen LogP contribution in [0, 0.1) is 0 Å². The van der Waals surface area contributed by atoms with E-state index in [4.69, 9.17) is 19.0 Å². The van der Waals surface area contributed by atoms with Crippen molar-refractivity contribution in [3.63, 3.8) is 0 Å². The monoisotopic (exact) mass is 436 g/mol. The van der Waals surface area contributed by atoms with Crippen LogP contribution in [0.2, 0.25) is 0 Å². The van der Waals surface area contributed by atoms with Crippen molar-refractivity contribution in [2.75, 3.05) is 26.4 Å². The van der Waals surface area contributed by atoms with Crippen molar-refractivity contribution in [2.45, 2.75) is 18.9 Å². The van der Waals surface area contributed by atoms with Gasteiger partial charge in [-0.15, -0.1) is 0 Å². The Bertz CT molecular complexity index is 1080. The number of aliphatic hydroxyl groups excluding tert-OH is 1. The van der Waals surface area contributed by atoms with Crippen molar-refractivity contribution in [3.8, 4) is 5.75 Å². The van der Waals surface area contributed by atoms with Crippen molar-refractivity contribution in [1.29, 1.82) is 0 Å². The average Bonchev–Trinajstić information content (AvgIpc) is 2.86. The van der Waals surface area contributed by atoms with E-state index in [9.17, 15) is 5.11 Å². The molecule has 3 aromatic heterocycles. The number of nitrogens with zero attached hydrogens (tertiary/aromatic N) is 4. The predicted molar refractivity (Wildman–Crippen MR) is 116 cm³/mol. The highest BCUT2D eigenvalue weighted by molar-refractivity contribution is 5.73. The molecule has 166 valence electrons. The van der Waals surface area contributed by atoms with Gasteiger partial charge in [0.1, 0.15) is 17.6 Å². The molecule has 2 atom stereocenters. The standard InChI is InChI=1S/C23H24N4O5/c1-29-17-7-6-16(26-13-17)14-32-23-20(30-2)11-19-21(27(23)31-3)18(8-10-25-19)22(28)15-5-4-9-24-12-15/h4-13,22-23,28H,14H2,1-3H3. The number of pyridine rings is 3. The van der Waals surface area contributed by atoms with E-state index in [1.54, 1.807) is 62.3 Å². The van der Waals surface area contributed by atoms with Gasteiger partial charge in [-0.05, 0) is 24.3 Å². The second-order valence-corrected chi connectivity index (χ2v) is 6.93. The molecule has 9 nitrogen and oxygen atoms in total. The van der Waals surface area contributed by atoms with Gasteiger partial charge in [0, 0.05) is 35.8 Å². The zero-order chi connectivity index (χ0) is 22.5. The summed E-state index contributed by atoms with van der Waals surface area (Å²) in [6, 6.07) is 8.97. The lowest BCUT2D eigenvalue weighted by molar-refractivity contribution is -0.0368. The molecule has 9 heteroatoms. The fourth-order valence-corrected chi connectivity index (χ4v) is 3.49. The molecule has 0 amide bonds. The van der Waals surface area contributed by atoms with Crippen LogP contribution in [0.5, 0.6) is 5.75 Å². The highest BCUT2D eigenvalue weighted by Crippen LogP contribution is 2.39. The fraction of sp³-hybridized carbons (Fsp3) is 0.261. The summed E-state index contributed by atoms with van der Waals surface area (Å²) in [4.78, 5) is 18.6. The minimum atomic E-state index is -0.931. The van der Waals surface area contributed by atoms with Gasteiger partial charge >= 0.3 is 0 Å². The maximum Gasteiger partial charge on any atom is 0.212 e. The molecule has 3 aromatic rings. The maximum absolute atomic E-state index is 11.1. The summed E-state index contributed by atoms with van der Waals surface area (Å²) in [6.07, 6.45) is 6.67. The van der Waals surface area contributed by atoms with Crippen molar-refractivity contribution >= 4 is 11.8 Å². The van der Waals surface area contributed by atoms with E-state index in [-0.39, 0.29) is 6.61 Å². The van der Waals surface area contributed by atoms with E-state index >= 15 is 0 Å². The van der Waals surface area contributed by atoms with Crippen molar-refractivity contribution in [2.24, 2.45) is 0 Å². The molecule has 4 rings (SSSR count). The number of aliphatic hydroxyl groups is 1. The van der Waals surface area contributed by atoms with Crippen LogP contribution >= 0.6 is 0 Å². The minimum Gasteiger partial charge on any atom is -0.496 e. The molecule has 0 bridgehead atoms. The Morgan fingerprint density at radius 1 is 1.03 bits per heavy atom. The molecule has 0 aromatic carbocycles. The molecule has 32 heavy (non-hydrogen) atoms. The summed E-state index contributed by atoms with van der Waals surface area (Å²) in [5, 5.41) is 12.6. The number of hydroxylamine groups is 1. The first-order valence-electron chi connectivity index (χ1n) is 9.92. The molecule has 1 aliphatic rings. The van der Waals surface area contributed by atoms with Gasteiger partial charge < -0.3 is 19.3 Å². The smallest absolute Gasteiger partial charge is 0.212 e. The fourth-order valence-electron chi connectivity index (χ4n) is 3.49. The van der Waals surface area contributed by atoms with Gasteiger partial charge in [-0.1, -0.05) is 6.07 Å². The number of hydrogen-bond donors (Lipinski definition) is 1. The van der Waals surface area contributed by atoms with Gasteiger partial charge in [-0.2, -0.15) is 0 Å². The lowest BCUT2D eigenvalue weighted by Gasteiger charge is -2.36. The summed E-state index contributed by atoms with van der Waals surface area (Å²) in [5.41, 5.74) is 3.14. The van der Waals surface area contributed by atoms with E-state index in [1.165, 1.54) is 7.11 Å². The molecule has 0 spiro atoms. The molecule has 0 saturated heterocycles. The maximum atomic E-state index is 11.1. The van der Waals surface area contributed by atoms with Crippen LogP contribution in [0.25, 0.3) is 6.08 Å². The molecular weight excluding hydrogens is 412 g/mol. The van der Waals surface area contributed by atoms with Crippen molar-refractivity contribution in [3.05, 3.63) is 83.4 Å². The van der Waals surface area contributed by atoms with Gasteiger partial charge in [0.25, 0.3) is 0 Å². The predicted octanol–water partition coefficient (Wildman–Crippen LogP) is 2.87. The average molecular weight is 436 g/mol. The Morgan fingerprint density at radius 2 is 1.91 bits per heavy atom. The third-order valence-electron chi connectivity index (χ3n) is 5.09. The Labute approximate surface area is 185 Å². The molecular formula is C23H24N4O5. The Hall–Kier alpha value is -3.53. The third kappa shape index (κ3) is 4.26. The molecule has 1 aliphatic heterocycles. The van der Waals surface area contributed by atoms with E-state index in [0.717, 1.165) is 0 Å². The van der Waals surface area contributed by atoms with Gasteiger partial charge in [-0.25, -0.2) is 5.06 Å². The van der Waals surface area contributed by atoms with Crippen LogP contribution in [-0.2, 0) is 20.9 Å². The SMILES string of the molecule is COC1=Cc2nccc(C(O)c3cccnc3)c2N(OC)C1OCc1ccc(OC)cn1. The Morgan fingerprint density at radius 3 is 2.56 bits per heavy atom. The topological polar surface area (TPSA) is 99.1 Å². The summed E-state index contributed by atoms with van der Waals surface area (Å²) in [7, 11) is 4.67. The first kappa shape index (κ1) is 21.7. The van der Waals surface area contributed by atoms with Gasteiger partial charge in [0.15, 0.2) is 0 Å². The molecule has 2 unspecified atom stereocenters. The molecule has 0 aliphatic carbocycles. The molecule has 0 fully saturated rings. The number of hydrogen-bond acceptors (Lipinski definition) is 9. The number of fused-ring (bicyclic) bond motifs is 1. The minimum absolute atomic E-state index is 0.200. The number of rotatable bonds is 8. The normalized spacial score (nSPS) is 16.2. The van der Waals surface area contributed by atoms with Crippen LogP contribution in [0.15, 0.2) is 60.9 Å². The Balaban J connectivity index is 1.67. The second kappa shape index (κ2) is 9.73. The van der Waals surface area contributed by atoms with Crippen LogP contribution < -0.4 is 9.80 Å². The third-order valence-corrected chi connectivity index (χ3v) is 5.09. The number of aromatic nitrogens is 3. The number of methoxy groups -OCH3 is 2. The van der Waals surface area contributed by atoms with Gasteiger partial charge in [0.2, 0.25) is 6.23 Å².